The second-order valence-corrected chi connectivity index (χ2v) is 4.45. The molecule has 98 valence electrons. The fraction of sp³-hybridized carbons (Fsp3) is 0.462. The van der Waals surface area contributed by atoms with Crippen molar-refractivity contribution in [2.45, 2.75) is 31.9 Å². The number of hydrogen-bond acceptors (Lipinski definition) is 2. The summed E-state index contributed by atoms with van der Waals surface area (Å²) in [5.74, 6) is -0.325. The smallest absolute Gasteiger partial charge is 0.319 e. The molecule has 1 aliphatic rings. The average Bonchev–Trinajstić information content (AvgIpc) is 2.85. The fourth-order valence-electron chi connectivity index (χ4n) is 2.00. The number of urea groups is 1. The van der Waals surface area contributed by atoms with Gasteiger partial charge in [0.2, 0.25) is 0 Å². The Bertz CT molecular complexity index is 402. The molecule has 0 aliphatic carbocycles. The van der Waals surface area contributed by atoms with Crippen molar-refractivity contribution in [3.8, 4) is 0 Å². The third kappa shape index (κ3) is 3.43. The molecule has 1 saturated heterocycles. The number of rotatable bonds is 3. The van der Waals surface area contributed by atoms with Crippen LogP contribution in [0.5, 0.6) is 0 Å². The maximum absolute atomic E-state index is 12.7. The van der Waals surface area contributed by atoms with Gasteiger partial charge in [-0.25, -0.2) is 9.18 Å². The minimum atomic E-state index is -0.325. The molecule has 0 bridgehead atoms. The highest BCUT2D eigenvalue weighted by Crippen LogP contribution is 2.15. The van der Waals surface area contributed by atoms with E-state index in [0.717, 1.165) is 19.4 Å². The molecule has 5 heteroatoms. The Morgan fingerprint density at radius 1 is 1.44 bits per heavy atom. The molecular formula is C13H17FN2O2. The summed E-state index contributed by atoms with van der Waals surface area (Å²) in [7, 11) is 0. The monoisotopic (exact) mass is 252 g/mol. The number of carbonyl (C=O) groups is 1. The maximum Gasteiger partial charge on any atom is 0.319 e. The van der Waals surface area contributed by atoms with Crippen molar-refractivity contribution in [3.05, 3.63) is 30.1 Å². The van der Waals surface area contributed by atoms with Crippen LogP contribution >= 0.6 is 0 Å². The topological polar surface area (TPSA) is 50.4 Å². The molecule has 0 saturated carbocycles. The number of amides is 2. The van der Waals surface area contributed by atoms with Gasteiger partial charge in [0.1, 0.15) is 5.82 Å². The summed E-state index contributed by atoms with van der Waals surface area (Å²) in [5.41, 5.74) is 0.563. The first-order valence-electron chi connectivity index (χ1n) is 6.10. The van der Waals surface area contributed by atoms with Gasteiger partial charge in [-0.05, 0) is 44.0 Å². The molecule has 1 aromatic rings. The van der Waals surface area contributed by atoms with Crippen LogP contribution in [0.3, 0.4) is 0 Å². The van der Waals surface area contributed by atoms with Gasteiger partial charge in [0, 0.05) is 12.3 Å². The van der Waals surface area contributed by atoms with Gasteiger partial charge in [0.05, 0.1) is 12.1 Å². The lowest BCUT2D eigenvalue weighted by molar-refractivity contribution is 0.0868. The van der Waals surface area contributed by atoms with Crippen LogP contribution in [-0.4, -0.2) is 24.8 Å². The zero-order valence-corrected chi connectivity index (χ0v) is 10.3. The van der Waals surface area contributed by atoms with Crippen molar-refractivity contribution in [1.29, 1.82) is 0 Å². The van der Waals surface area contributed by atoms with Crippen LogP contribution in [0.4, 0.5) is 14.9 Å². The Balaban J connectivity index is 1.82. The number of benzene rings is 1. The van der Waals surface area contributed by atoms with E-state index in [2.05, 4.69) is 10.6 Å². The van der Waals surface area contributed by atoms with Gasteiger partial charge in [-0.3, -0.25) is 0 Å². The normalized spacial score (nSPS) is 20.4. The number of anilines is 1. The number of ether oxygens (including phenoxy) is 1. The highest BCUT2D eigenvalue weighted by atomic mass is 19.1. The molecular weight excluding hydrogens is 235 g/mol. The van der Waals surface area contributed by atoms with Crippen molar-refractivity contribution in [2.24, 2.45) is 0 Å². The number of halogens is 1. The van der Waals surface area contributed by atoms with Crippen LogP contribution in [0.25, 0.3) is 0 Å². The van der Waals surface area contributed by atoms with Crippen molar-refractivity contribution in [3.63, 3.8) is 0 Å². The summed E-state index contributed by atoms with van der Waals surface area (Å²) in [5, 5.41) is 5.47. The van der Waals surface area contributed by atoms with Crippen molar-refractivity contribution in [1.82, 2.24) is 5.32 Å². The second kappa shape index (κ2) is 5.82. The molecule has 0 spiro atoms. The molecule has 1 aromatic carbocycles. The highest BCUT2D eigenvalue weighted by Gasteiger charge is 2.23. The standard InChI is InChI=1S/C13H17FN2O2/c1-9(12-3-2-8-18-12)15-13(17)16-11-6-4-10(14)5-7-11/h4-7,9,12H,2-3,8H2,1H3,(H2,15,16,17)/t9-,12-/m0/s1. The fourth-order valence-corrected chi connectivity index (χ4v) is 2.00. The Kier molecular flexibility index (Phi) is 4.15. The van der Waals surface area contributed by atoms with Gasteiger partial charge >= 0.3 is 6.03 Å². The minimum Gasteiger partial charge on any atom is -0.376 e. The van der Waals surface area contributed by atoms with Gasteiger partial charge in [-0.1, -0.05) is 0 Å². The first-order chi connectivity index (χ1) is 8.65. The summed E-state index contributed by atoms with van der Waals surface area (Å²) >= 11 is 0. The van der Waals surface area contributed by atoms with Gasteiger partial charge in [0.15, 0.2) is 0 Å². The average molecular weight is 252 g/mol. The molecule has 2 amide bonds. The molecule has 0 radical (unpaired) electrons. The van der Waals surface area contributed by atoms with E-state index >= 15 is 0 Å². The van der Waals surface area contributed by atoms with E-state index in [9.17, 15) is 9.18 Å². The molecule has 0 unspecified atom stereocenters. The first-order valence-corrected chi connectivity index (χ1v) is 6.10. The molecule has 2 rings (SSSR count). The Morgan fingerprint density at radius 3 is 2.78 bits per heavy atom. The highest BCUT2D eigenvalue weighted by molar-refractivity contribution is 5.89. The summed E-state index contributed by atoms with van der Waals surface area (Å²) in [6.07, 6.45) is 2.10. The van der Waals surface area contributed by atoms with Gasteiger partial charge in [-0.15, -0.1) is 0 Å². The van der Waals surface area contributed by atoms with Crippen molar-refractivity contribution < 1.29 is 13.9 Å². The summed E-state index contributed by atoms with van der Waals surface area (Å²) in [6, 6.07) is 5.31. The lowest BCUT2D eigenvalue weighted by Crippen LogP contribution is -2.42. The molecule has 1 aliphatic heterocycles. The number of nitrogens with one attached hydrogen (secondary N) is 2. The van der Waals surface area contributed by atoms with Crippen LogP contribution in [0.2, 0.25) is 0 Å². The SMILES string of the molecule is C[C@H](NC(=O)Nc1ccc(F)cc1)[C@@H]1CCCO1. The maximum atomic E-state index is 12.7. The van der Waals surface area contributed by atoms with E-state index in [1.54, 1.807) is 0 Å². The van der Waals surface area contributed by atoms with Crippen LogP contribution < -0.4 is 10.6 Å². The third-order valence-electron chi connectivity index (χ3n) is 2.98. The van der Waals surface area contributed by atoms with Gasteiger partial charge in [0.25, 0.3) is 0 Å². The number of carbonyl (C=O) groups excluding carboxylic acids is 1. The first kappa shape index (κ1) is 12.8. The van der Waals surface area contributed by atoms with E-state index in [1.807, 2.05) is 6.92 Å². The summed E-state index contributed by atoms with van der Waals surface area (Å²) in [6.45, 7) is 2.68. The lowest BCUT2D eigenvalue weighted by Gasteiger charge is -2.20. The van der Waals surface area contributed by atoms with E-state index in [1.165, 1.54) is 24.3 Å². The van der Waals surface area contributed by atoms with Crippen LogP contribution in [0.1, 0.15) is 19.8 Å². The third-order valence-corrected chi connectivity index (χ3v) is 2.98. The quantitative estimate of drug-likeness (QED) is 0.868. The summed E-state index contributed by atoms with van der Waals surface area (Å²) in [4.78, 5) is 11.7. The lowest BCUT2D eigenvalue weighted by atomic mass is 10.1. The number of hydrogen-bond donors (Lipinski definition) is 2. The largest absolute Gasteiger partial charge is 0.376 e. The molecule has 18 heavy (non-hydrogen) atoms. The van der Waals surface area contributed by atoms with E-state index in [0.29, 0.717) is 5.69 Å². The Morgan fingerprint density at radius 2 is 2.17 bits per heavy atom. The zero-order valence-electron chi connectivity index (χ0n) is 10.3. The molecule has 1 heterocycles. The predicted molar refractivity (Wildman–Crippen MR) is 67.0 cm³/mol. The van der Waals surface area contributed by atoms with E-state index in [4.69, 9.17) is 4.74 Å². The Hall–Kier alpha value is -1.62. The predicted octanol–water partition coefficient (Wildman–Crippen LogP) is 2.51. The van der Waals surface area contributed by atoms with E-state index in [-0.39, 0.29) is 24.0 Å². The molecule has 4 nitrogen and oxygen atoms in total. The van der Waals surface area contributed by atoms with Gasteiger partial charge in [-0.2, -0.15) is 0 Å². The van der Waals surface area contributed by atoms with Crippen molar-refractivity contribution in [2.75, 3.05) is 11.9 Å². The molecule has 1 fully saturated rings. The zero-order chi connectivity index (χ0) is 13.0. The van der Waals surface area contributed by atoms with Gasteiger partial charge < -0.3 is 15.4 Å². The molecule has 2 atom stereocenters. The molecule has 2 N–H and O–H groups in total. The minimum absolute atomic E-state index is 0.0343. The Labute approximate surface area is 106 Å². The van der Waals surface area contributed by atoms with Crippen LogP contribution in [0.15, 0.2) is 24.3 Å². The van der Waals surface area contributed by atoms with Crippen LogP contribution in [0, 0.1) is 5.82 Å². The van der Waals surface area contributed by atoms with Crippen molar-refractivity contribution >= 4 is 11.7 Å². The van der Waals surface area contributed by atoms with E-state index < -0.39 is 0 Å². The van der Waals surface area contributed by atoms with Crippen LogP contribution in [-0.2, 0) is 4.74 Å². The summed E-state index contributed by atoms with van der Waals surface area (Å²) < 4.78 is 18.2. The second-order valence-electron chi connectivity index (χ2n) is 4.45. The molecule has 0 aromatic heterocycles.